The fraction of sp³-hybridized carbons (Fsp3) is 0.900. The van der Waals surface area contributed by atoms with Crippen LogP contribution in [0.15, 0.2) is 0 Å². The summed E-state index contributed by atoms with van der Waals surface area (Å²) in [6, 6.07) is 2.18. The summed E-state index contributed by atoms with van der Waals surface area (Å²) < 4.78 is 0. The van der Waals surface area contributed by atoms with E-state index in [1.54, 1.807) is 0 Å². The Morgan fingerprint density at radius 2 is 2.00 bits per heavy atom. The van der Waals surface area contributed by atoms with E-state index in [-0.39, 0.29) is 0 Å². The summed E-state index contributed by atoms with van der Waals surface area (Å²) in [7, 11) is 0. The van der Waals surface area contributed by atoms with E-state index in [1.807, 2.05) is 13.8 Å². The number of aliphatic hydroxyl groups is 1. The van der Waals surface area contributed by atoms with Crippen molar-refractivity contribution in [2.24, 2.45) is 11.3 Å². The molecule has 0 fully saturated rings. The van der Waals surface area contributed by atoms with Crippen LogP contribution < -0.4 is 0 Å². The van der Waals surface area contributed by atoms with E-state index in [4.69, 9.17) is 5.26 Å². The van der Waals surface area contributed by atoms with Gasteiger partial charge in [-0.2, -0.15) is 5.26 Å². The maximum atomic E-state index is 9.72. The molecule has 0 amide bonds. The van der Waals surface area contributed by atoms with E-state index >= 15 is 0 Å². The quantitative estimate of drug-likeness (QED) is 0.702. The SMILES string of the molecule is CCC(C)(C#N)C(O)CC(C)C. The third-order valence-corrected chi connectivity index (χ3v) is 2.42. The van der Waals surface area contributed by atoms with Gasteiger partial charge in [-0.25, -0.2) is 0 Å². The van der Waals surface area contributed by atoms with E-state index in [9.17, 15) is 5.11 Å². The summed E-state index contributed by atoms with van der Waals surface area (Å²) in [6.45, 7) is 7.86. The van der Waals surface area contributed by atoms with Crippen LogP contribution in [-0.2, 0) is 0 Å². The van der Waals surface area contributed by atoms with Gasteiger partial charge in [0, 0.05) is 0 Å². The number of hydrogen-bond acceptors (Lipinski definition) is 2. The van der Waals surface area contributed by atoms with E-state index < -0.39 is 11.5 Å². The molecular weight excluding hydrogens is 150 g/mol. The van der Waals surface area contributed by atoms with Crippen LogP contribution in [0.5, 0.6) is 0 Å². The first-order chi connectivity index (χ1) is 5.46. The van der Waals surface area contributed by atoms with Crippen molar-refractivity contribution in [2.45, 2.75) is 46.6 Å². The molecule has 0 bridgehead atoms. The monoisotopic (exact) mass is 169 g/mol. The predicted octanol–water partition coefficient (Wildman–Crippen LogP) is 2.33. The van der Waals surface area contributed by atoms with Crippen molar-refractivity contribution < 1.29 is 5.11 Å². The van der Waals surface area contributed by atoms with Gasteiger partial charge in [-0.05, 0) is 25.7 Å². The molecule has 0 aromatic carbocycles. The minimum Gasteiger partial charge on any atom is -0.391 e. The molecule has 2 nitrogen and oxygen atoms in total. The van der Waals surface area contributed by atoms with E-state index in [0.29, 0.717) is 18.8 Å². The molecule has 0 rings (SSSR count). The van der Waals surface area contributed by atoms with Gasteiger partial charge >= 0.3 is 0 Å². The van der Waals surface area contributed by atoms with Crippen LogP contribution in [0.25, 0.3) is 0 Å². The zero-order valence-electron chi connectivity index (χ0n) is 8.46. The Morgan fingerprint density at radius 1 is 1.50 bits per heavy atom. The van der Waals surface area contributed by atoms with E-state index in [1.165, 1.54) is 0 Å². The summed E-state index contributed by atoms with van der Waals surface area (Å²) in [5.74, 6) is 0.444. The predicted molar refractivity (Wildman–Crippen MR) is 49.5 cm³/mol. The van der Waals surface area contributed by atoms with E-state index in [2.05, 4.69) is 19.9 Å². The molecular formula is C10H19NO. The third-order valence-electron chi connectivity index (χ3n) is 2.42. The molecule has 0 aromatic heterocycles. The highest BCUT2D eigenvalue weighted by Crippen LogP contribution is 2.28. The van der Waals surface area contributed by atoms with Gasteiger partial charge in [-0.15, -0.1) is 0 Å². The standard InChI is InChI=1S/C10H19NO/c1-5-10(4,7-11)9(12)6-8(2)3/h8-9,12H,5-6H2,1-4H3. The summed E-state index contributed by atoms with van der Waals surface area (Å²) >= 11 is 0. The Kier molecular flexibility index (Phi) is 4.26. The number of aliphatic hydroxyl groups excluding tert-OH is 1. The number of rotatable bonds is 4. The topological polar surface area (TPSA) is 44.0 Å². The molecule has 12 heavy (non-hydrogen) atoms. The Morgan fingerprint density at radius 3 is 2.25 bits per heavy atom. The van der Waals surface area contributed by atoms with Gasteiger partial charge in [0.2, 0.25) is 0 Å². The maximum absolute atomic E-state index is 9.72. The van der Waals surface area contributed by atoms with Crippen molar-refractivity contribution in [1.29, 1.82) is 5.26 Å². The minimum absolute atomic E-state index is 0.444. The van der Waals surface area contributed by atoms with Crippen LogP contribution in [0.4, 0.5) is 0 Å². The maximum Gasteiger partial charge on any atom is 0.0801 e. The first-order valence-corrected chi connectivity index (χ1v) is 4.55. The van der Waals surface area contributed by atoms with Crippen molar-refractivity contribution in [1.82, 2.24) is 0 Å². The molecule has 0 aliphatic heterocycles. The third kappa shape index (κ3) is 2.83. The second-order valence-electron chi connectivity index (χ2n) is 4.03. The largest absolute Gasteiger partial charge is 0.391 e. The lowest BCUT2D eigenvalue weighted by atomic mass is 9.80. The van der Waals surface area contributed by atoms with Crippen LogP contribution in [0.1, 0.15) is 40.5 Å². The number of nitrogens with zero attached hydrogens (tertiary/aromatic N) is 1. The Balaban J connectivity index is 4.24. The summed E-state index contributed by atoms with van der Waals surface area (Å²) in [5.41, 5.74) is -0.565. The molecule has 1 N–H and O–H groups in total. The van der Waals surface area contributed by atoms with Crippen LogP contribution in [0, 0.1) is 22.7 Å². The van der Waals surface area contributed by atoms with Gasteiger partial charge in [-0.1, -0.05) is 20.8 Å². The number of hydrogen-bond donors (Lipinski definition) is 1. The Bertz CT molecular complexity index is 171. The van der Waals surface area contributed by atoms with Crippen LogP contribution in [0.3, 0.4) is 0 Å². The summed E-state index contributed by atoms with van der Waals surface area (Å²) in [6.07, 6.45) is 0.919. The molecule has 0 heterocycles. The lowest BCUT2D eigenvalue weighted by Gasteiger charge is -2.27. The van der Waals surface area contributed by atoms with Gasteiger partial charge in [-0.3, -0.25) is 0 Å². The molecule has 0 spiro atoms. The molecule has 0 saturated carbocycles. The molecule has 2 unspecified atom stereocenters. The van der Waals surface area contributed by atoms with Crippen molar-refractivity contribution in [2.75, 3.05) is 0 Å². The molecule has 70 valence electrons. The highest BCUT2D eigenvalue weighted by atomic mass is 16.3. The highest BCUT2D eigenvalue weighted by Gasteiger charge is 2.31. The van der Waals surface area contributed by atoms with Crippen LogP contribution in [-0.4, -0.2) is 11.2 Å². The average molecular weight is 169 g/mol. The lowest BCUT2D eigenvalue weighted by molar-refractivity contribution is 0.0540. The lowest BCUT2D eigenvalue weighted by Crippen LogP contribution is -2.31. The van der Waals surface area contributed by atoms with Crippen molar-refractivity contribution in [3.8, 4) is 6.07 Å². The smallest absolute Gasteiger partial charge is 0.0801 e. The Hall–Kier alpha value is -0.550. The van der Waals surface area contributed by atoms with Crippen LogP contribution in [0.2, 0.25) is 0 Å². The molecule has 0 aliphatic rings. The van der Waals surface area contributed by atoms with Crippen LogP contribution >= 0.6 is 0 Å². The van der Waals surface area contributed by atoms with Crippen molar-refractivity contribution in [3.63, 3.8) is 0 Å². The molecule has 0 aliphatic carbocycles. The molecule has 2 heteroatoms. The second-order valence-corrected chi connectivity index (χ2v) is 4.03. The van der Waals surface area contributed by atoms with Gasteiger partial charge in [0.15, 0.2) is 0 Å². The van der Waals surface area contributed by atoms with Gasteiger partial charge in [0.1, 0.15) is 0 Å². The minimum atomic E-state index is -0.565. The van der Waals surface area contributed by atoms with Crippen molar-refractivity contribution in [3.05, 3.63) is 0 Å². The zero-order chi connectivity index (χ0) is 9.78. The first kappa shape index (κ1) is 11.4. The fourth-order valence-corrected chi connectivity index (χ4v) is 1.10. The summed E-state index contributed by atoms with van der Waals surface area (Å²) in [5, 5.41) is 18.6. The van der Waals surface area contributed by atoms with E-state index in [0.717, 1.165) is 0 Å². The molecule has 0 radical (unpaired) electrons. The molecule has 2 atom stereocenters. The highest BCUT2D eigenvalue weighted by molar-refractivity contribution is 4.99. The van der Waals surface area contributed by atoms with Gasteiger partial charge in [0.25, 0.3) is 0 Å². The zero-order valence-corrected chi connectivity index (χ0v) is 8.46. The second kappa shape index (κ2) is 4.47. The first-order valence-electron chi connectivity index (χ1n) is 4.55. The van der Waals surface area contributed by atoms with Gasteiger partial charge in [0.05, 0.1) is 17.6 Å². The molecule has 0 saturated heterocycles. The normalized spacial score (nSPS) is 18.4. The Labute approximate surface area is 75.2 Å². The average Bonchev–Trinajstić information content (AvgIpc) is 2.02. The van der Waals surface area contributed by atoms with Crippen molar-refractivity contribution >= 4 is 0 Å². The van der Waals surface area contributed by atoms with Gasteiger partial charge < -0.3 is 5.11 Å². The number of nitriles is 1. The molecule has 0 aromatic rings. The summed E-state index contributed by atoms with van der Waals surface area (Å²) in [4.78, 5) is 0. The fourth-order valence-electron chi connectivity index (χ4n) is 1.10.